The molecule has 0 aliphatic heterocycles. The second-order valence-electron chi connectivity index (χ2n) is 3.55. The van der Waals surface area contributed by atoms with Crippen molar-refractivity contribution in [2.45, 2.75) is 26.3 Å². The number of hydrogen-bond donors (Lipinski definition) is 2. The molecule has 0 atom stereocenters. The van der Waals surface area contributed by atoms with Crippen LogP contribution in [0.25, 0.3) is 0 Å². The van der Waals surface area contributed by atoms with Crippen LogP contribution in [0.3, 0.4) is 0 Å². The lowest BCUT2D eigenvalue weighted by Gasteiger charge is -2.04. The van der Waals surface area contributed by atoms with E-state index in [9.17, 15) is 4.79 Å². The van der Waals surface area contributed by atoms with Crippen molar-refractivity contribution in [3.63, 3.8) is 0 Å². The summed E-state index contributed by atoms with van der Waals surface area (Å²) in [5, 5.41) is 6.06. The van der Waals surface area contributed by atoms with Gasteiger partial charge in [0.1, 0.15) is 0 Å². The number of aromatic amines is 1. The minimum atomic E-state index is 0.0676. The SMILES string of the molecule is CNCc1c(C(C)C)[nH]n(C)c1=O. The van der Waals surface area contributed by atoms with Gasteiger partial charge in [-0.2, -0.15) is 0 Å². The predicted octanol–water partition coefficient (Wildman–Crippen LogP) is 0.556. The van der Waals surface area contributed by atoms with E-state index < -0.39 is 0 Å². The van der Waals surface area contributed by atoms with Gasteiger partial charge >= 0.3 is 0 Å². The van der Waals surface area contributed by atoms with Crippen molar-refractivity contribution in [3.05, 3.63) is 21.6 Å². The molecule has 74 valence electrons. The number of aromatic nitrogens is 2. The van der Waals surface area contributed by atoms with Gasteiger partial charge in [-0.25, -0.2) is 0 Å². The topological polar surface area (TPSA) is 49.8 Å². The fraction of sp³-hybridized carbons (Fsp3) is 0.667. The Bertz CT molecular complexity index is 335. The average Bonchev–Trinajstić information content (AvgIpc) is 2.33. The number of H-pyrrole nitrogens is 1. The second kappa shape index (κ2) is 3.79. The minimum Gasteiger partial charge on any atom is -0.315 e. The highest BCUT2D eigenvalue weighted by Crippen LogP contribution is 2.13. The third-order valence-corrected chi connectivity index (χ3v) is 2.11. The van der Waals surface area contributed by atoms with Crippen molar-refractivity contribution in [1.82, 2.24) is 15.1 Å². The Kier molecular flexibility index (Phi) is 2.93. The first kappa shape index (κ1) is 10.1. The van der Waals surface area contributed by atoms with Crippen LogP contribution < -0.4 is 10.9 Å². The zero-order valence-corrected chi connectivity index (χ0v) is 8.64. The molecule has 0 aliphatic carbocycles. The standard InChI is InChI=1S/C9H17N3O/c1-6(2)8-7(5-10-3)9(13)12(4)11-8/h6,10-11H,5H2,1-4H3. The highest BCUT2D eigenvalue weighted by molar-refractivity contribution is 5.20. The quantitative estimate of drug-likeness (QED) is 0.719. The van der Waals surface area contributed by atoms with Gasteiger partial charge < -0.3 is 5.32 Å². The summed E-state index contributed by atoms with van der Waals surface area (Å²) in [5.41, 5.74) is 1.94. The fourth-order valence-corrected chi connectivity index (χ4v) is 1.44. The predicted molar refractivity (Wildman–Crippen MR) is 52.9 cm³/mol. The molecule has 4 heteroatoms. The molecule has 2 N–H and O–H groups in total. The highest BCUT2D eigenvalue weighted by atomic mass is 16.1. The Labute approximate surface area is 77.9 Å². The Morgan fingerprint density at radius 1 is 1.54 bits per heavy atom. The fourth-order valence-electron chi connectivity index (χ4n) is 1.44. The maximum atomic E-state index is 11.6. The highest BCUT2D eigenvalue weighted by Gasteiger charge is 2.13. The molecular formula is C9H17N3O. The number of nitrogens with one attached hydrogen (secondary N) is 2. The van der Waals surface area contributed by atoms with Crippen molar-refractivity contribution >= 4 is 0 Å². The van der Waals surface area contributed by atoms with Crippen LogP contribution in [-0.4, -0.2) is 16.8 Å². The van der Waals surface area contributed by atoms with E-state index in [2.05, 4.69) is 24.3 Å². The van der Waals surface area contributed by atoms with Gasteiger partial charge in [-0.05, 0) is 13.0 Å². The smallest absolute Gasteiger partial charge is 0.270 e. The molecule has 0 aromatic carbocycles. The number of aryl methyl sites for hydroxylation is 1. The summed E-state index contributed by atoms with van der Waals surface area (Å²) in [5.74, 6) is 0.359. The van der Waals surface area contributed by atoms with Crippen LogP contribution in [0.1, 0.15) is 31.0 Å². The van der Waals surface area contributed by atoms with Crippen molar-refractivity contribution in [1.29, 1.82) is 0 Å². The third kappa shape index (κ3) is 1.83. The zero-order chi connectivity index (χ0) is 10.0. The van der Waals surface area contributed by atoms with E-state index in [4.69, 9.17) is 0 Å². The van der Waals surface area contributed by atoms with E-state index in [1.54, 1.807) is 7.05 Å². The first-order valence-corrected chi connectivity index (χ1v) is 4.50. The van der Waals surface area contributed by atoms with Gasteiger partial charge in [-0.15, -0.1) is 0 Å². The third-order valence-electron chi connectivity index (χ3n) is 2.11. The lowest BCUT2D eigenvalue weighted by Crippen LogP contribution is -2.19. The van der Waals surface area contributed by atoms with E-state index >= 15 is 0 Å². The summed E-state index contributed by atoms with van der Waals surface area (Å²) in [6.07, 6.45) is 0. The van der Waals surface area contributed by atoms with Crippen molar-refractivity contribution in [3.8, 4) is 0 Å². The molecule has 0 saturated carbocycles. The van der Waals surface area contributed by atoms with Crippen LogP contribution in [0.15, 0.2) is 4.79 Å². The van der Waals surface area contributed by atoms with Gasteiger partial charge in [-0.1, -0.05) is 13.8 Å². The van der Waals surface area contributed by atoms with Gasteiger partial charge in [0, 0.05) is 19.3 Å². The molecule has 0 saturated heterocycles. The van der Waals surface area contributed by atoms with E-state index in [0.717, 1.165) is 11.3 Å². The summed E-state index contributed by atoms with van der Waals surface area (Å²) in [7, 11) is 3.59. The van der Waals surface area contributed by atoms with Gasteiger partial charge in [-0.3, -0.25) is 14.6 Å². The molecule has 1 rings (SSSR count). The van der Waals surface area contributed by atoms with E-state index in [1.807, 2.05) is 7.05 Å². The normalized spacial score (nSPS) is 11.2. The summed E-state index contributed by atoms with van der Waals surface area (Å²) < 4.78 is 1.53. The molecule has 1 aromatic rings. The first-order valence-electron chi connectivity index (χ1n) is 4.50. The van der Waals surface area contributed by atoms with Crippen LogP contribution in [-0.2, 0) is 13.6 Å². The van der Waals surface area contributed by atoms with Crippen LogP contribution in [0.2, 0.25) is 0 Å². The Balaban J connectivity index is 3.19. The second-order valence-corrected chi connectivity index (χ2v) is 3.55. The van der Waals surface area contributed by atoms with Gasteiger partial charge in [0.15, 0.2) is 0 Å². The monoisotopic (exact) mass is 183 g/mol. The summed E-state index contributed by atoms with van der Waals surface area (Å²) in [6.45, 7) is 4.78. The first-order chi connectivity index (χ1) is 6.07. The number of hydrogen-bond acceptors (Lipinski definition) is 2. The molecule has 0 bridgehead atoms. The summed E-state index contributed by atoms with van der Waals surface area (Å²) in [6, 6.07) is 0. The molecule has 1 aromatic heterocycles. The number of rotatable bonds is 3. The molecule has 0 amide bonds. The van der Waals surface area contributed by atoms with Gasteiger partial charge in [0.25, 0.3) is 5.56 Å². The minimum absolute atomic E-state index is 0.0676. The van der Waals surface area contributed by atoms with Gasteiger partial charge in [0.05, 0.1) is 5.56 Å². The Morgan fingerprint density at radius 3 is 2.62 bits per heavy atom. The largest absolute Gasteiger partial charge is 0.315 e. The molecule has 0 radical (unpaired) electrons. The lowest BCUT2D eigenvalue weighted by molar-refractivity contribution is 0.697. The van der Waals surface area contributed by atoms with Crippen molar-refractivity contribution in [2.24, 2.45) is 7.05 Å². The summed E-state index contributed by atoms with van der Waals surface area (Å²) in [4.78, 5) is 11.6. The van der Waals surface area contributed by atoms with Crippen LogP contribution in [0.4, 0.5) is 0 Å². The van der Waals surface area contributed by atoms with E-state index in [1.165, 1.54) is 4.68 Å². The maximum absolute atomic E-state index is 11.6. The maximum Gasteiger partial charge on any atom is 0.270 e. The van der Waals surface area contributed by atoms with E-state index in [-0.39, 0.29) is 5.56 Å². The Morgan fingerprint density at radius 2 is 2.15 bits per heavy atom. The molecule has 0 spiro atoms. The van der Waals surface area contributed by atoms with Crippen LogP contribution in [0.5, 0.6) is 0 Å². The van der Waals surface area contributed by atoms with Crippen LogP contribution in [0, 0.1) is 0 Å². The van der Waals surface area contributed by atoms with Crippen molar-refractivity contribution < 1.29 is 0 Å². The van der Waals surface area contributed by atoms with Crippen LogP contribution >= 0.6 is 0 Å². The zero-order valence-electron chi connectivity index (χ0n) is 8.64. The average molecular weight is 183 g/mol. The molecule has 4 nitrogen and oxygen atoms in total. The molecular weight excluding hydrogens is 166 g/mol. The Hall–Kier alpha value is -1.03. The van der Waals surface area contributed by atoms with Crippen molar-refractivity contribution in [2.75, 3.05) is 7.05 Å². The molecule has 13 heavy (non-hydrogen) atoms. The van der Waals surface area contributed by atoms with Gasteiger partial charge in [0.2, 0.25) is 0 Å². The summed E-state index contributed by atoms with van der Waals surface area (Å²) >= 11 is 0. The number of nitrogens with zero attached hydrogens (tertiary/aromatic N) is 1. The van der Waals surface area contributed by atoms with E-state index in [0.29, 0.717) is 12.5 Å². The molecule has 0 fully saturated rings. The molecule has 0 unspecified atom stereocenters. The lowest BCUT2D eigenvalue weighted by atomic mass is 10.1. The molecule has 0 aliphatic rings. The molecule has 1 heterocycles.